The number of carbonyl (C=O) groups is 1. The molecule has 0 aliphatic carbocycles. The number of fused-ring (bicyclic) bond motifs is 3. The fourth-order valence-electron chi connectivity index (χ4n) is 2.36. The monoisotopic (exact) mass is 246 g/mol. The molecule has 1 aromatic carbocycles. The van der Waals surface area contributed by atoms with Gasteiger partial charge in [-0.05, 0) is 37.8 Å². The van der Waals surface area contributed by atoms with Gasteiger partial charge in [-0.15, -0.1) is 11.3 Å². The minimum Gasteiger partial charge on any atom is -0.455 e. The average molecular weight is 246 g/mol. The Balaban J connectivity index is 2.30. The van der Waals surface area contributed by atoms with Crippen LogP contribution in [-0.4, -0.2) is 11.6 Å². The van der Waals surface area contributed by atoms with Crippen molar-refractivity contribution in [3.63, 3.8) is 0 Å². The Morgan fingerprint density at radius 3 is 2.88 bits per heavy atom. The van der Waals surface area contributed by atoms with E-state index in [0.29, 0.717) is 0 Å². The molecule has 1 aliphatic heterocycles. The lowest BCUT2D eigenvalue weighted by atomic mass is 9.93. The van der Waals surface area contributed by atoms with E-state index in [-0.39, 0.29) is 11.6 Å². The molecule has 3 heteroatoms. The molecule has 0 atom stereocenters. The van der Waals surface area contributed by atoms with Gasteiger partial charge in [0.25, 0.3) is 0 Å². The van der Waals surface area contributed by atoms with Gasteiger partial charge in [0.15, 0.2) is 0 Å². The highest BCUT2D eigenvalue weighted by atomic mass is 32.1. The summed E-state index contributed by atoms with van der Waals surface area (Å²) in [5, 5.41) is 1.22. The third kappa shape index (κ3) is 1.65. The van der Waals surface area contributed by atoms with Crippen molar-refractivity contribution < 1.29 is 9.53 Å². The zero-order chi connectivity index (χ0) is 12.2. The normalized spacial score (nSPS) is 17.9. The van der Waals surface area contributed by atoms with E-state index in [9.17, 15) is 4.79 Å². The molecule has 3 rings (SSSR count). The summed E-state index contributed by atoms with van der Waals surface area (Å²) in [4.78, 5) is 12.7. The third-order valence-corrected chi connectivity index (χ3v) is 4.30. The van der Waals surface area contributed by atoms with E-state index in [4.69, 9.17) is 4.74 Å². The van der Waals surface area contributed by atoms with Crippen LogP contribution in [0.5, 0.6) is 0 Å². The second-order valence-corrected chi connectivity index (χ2v) is 6.29. The molecule has 2 aromatic rings. The van der Waals surface area contributed by atoms with Gasteiger partial charge >= 0.3 is 5.97 Å². The molecule has 0 fully saturated rings. The first-order valence-electron chi connectivity index (χ1n) is 5.72. The van der Waals surface area contributed by atoms with Crippen LogP contribution in [0.2, 0.25) is 0 Å². The van der Waals surface area contributed by atoms with E-state index in [1.807, 2.05) is 13.8 Å². The molecule has 0 amide bonds. The van der Waals surface area contributed by atoms with Gasteiger partial charge < -0.3 is 4.74 Å². The van der Waals surface area contributed by atoms with Crippen molar-refractivity contribution in [3.8, 4) is 0 Å². The van der Waals surface area contributed by atoms with E-state index in [1.165, 1.54) is 15.6 Å². The van der Waals surface area contributed by atoms with E-state index in [0.717, 1.165) is 16.9 Å². The van der Waals surface area contributed by atoms with Crippen LogP contribution in [0.3, 0.4) is 0 Å². The molecule has 0 bridgehead atoms. The van der Waals surface area contributed by atoms with Gasteiger partial charge in [-0.2, -0.15) is 0 Å². The molecule has 0 spiro atoms. The van der Waals surface area contributed by atoms with Crippen LogP contribution in [0, 0.1) is 6.92 Å². The van der Waals surface area contributed by atoms with Gasteiger partial charge in [-0.3, -0.25) is 0 Å². The lowest BCUT2D eigenvalue weighted by Crippen LogP contribution is -2.35. The van der Waals surface area contributed by atoms with Crippen molar-refractivity contribution in [3.05, 3.63) is 34.2 Å². The van der Waals surface area contributed by atoms with Crippen molar-refractivity contribution >= 4 is 27.4 Å². The minimum atomic E-state index is -0.387. The highest BCUT2D eigenvalue weighted by Gasteiger charge is 2.34. The Hall–Kier alpha value is -1.35. The minimum absolute atomic E-state index is 0.171. The van der Waals surface area contributed by atoms with Crippen molar-refractivity contribution in [2.75, 3.05) is 0 Å². The zero-order valence-corrected chi connectivity index (χ0v) is 11.0. The SMILES string of the molecule is Cc1ccc2sc3c(c2c1)CC(C)(C)OC3=O. The first kappa shape index (κ1) is 10.8. The van der Waals surface area contributed by atoms with Crippen LogP contribution in [0.4, 0.5) is 0 Å². The molecule has 2 heterocycles. The van der Waals surface area contributed by atoms with Crippen LogP contribution in [0.1, 0.15) is 34.6 Å². The van der Waals surface area contributed by atoms with Crippen molar-refractivity contribution in [2.24, 2.45) is 0 Å². The maximum atomic E-state index is 11.9. The van der Waals surface area contributed by atoms with Crippen molar-refractivity contribution in [1.82, 2.24) is 0 Å². The second-order valence-electron chi connectivity index (χ2n) is 5.24. The van der Waals surface area contributed by atoms with Crippen LogP contribution >= 0.6 is 11.3 Å². The summed E-state index contributed by atoms with van der Waals surface area (Å²) in [6, 6.07) is 6.34. The Morgan fingerprint density at radius 2 is 2.12 bits per heavy atom. The first-order chi connectivity index (χ1) is 7.96. The predicted octanol–water partition coefficient (Wildman–Crippen LogP) is 3.70. The van der Waals surface area contributed by atoms with Gasteiger partial charge in [0.2, 0.25) is 0 Å². The largest absolute Gasteiger partial charge is 0.455 e. The van der Waals surface area contributed by atoms with Crippen molar-refractivity contribution in [1.29, 1.82) is 0 Å². The van der Waals surface area contributed by atoms with Gasteiger partial charge in [-0.1, -0.05) is 17.7 Å². The van der Waals surface area contributed by atoms with Gasteiger partial charge in [0.1, 0.15) is 10.5 Å². The molecular formula is C14H14O2S. The molecule has 17 heavy (non-hydrogen) atoms. The van der Waals surface area contributed by atoms with Crippen LogP contribution in [0.15, 0.2) is 18.2 Å². The summed E-state index contributed by atoms with van der Waals surface area (Å²) in [6.45, 7) is 6.01. The Bertz CT molecular complexity index is 622. The average Bonchev–Trinajstić information content (AvgIpc) is 2.55. The van der Waals surface area contributed by atoms with Gasteiger partial charge in [-0.25, -0.2) is 4.79 Å². The molecule has 0 saturated heterocycles. The van der Waals surface area contributed by atoms with Crippen LogP contribution in [-0.2, 0) is 11.2 Å². The van der Waals surface area contributed by atoms with Crippen LogP contribution in [0.25, 0.3) is 10.1 Å². The molecule has 0 N–H and O–H groups in total. The Labute approximate surface area is 104 Å². The Morgan fingerprint density at radius 1 is 1.35 bits per heavy atom. The molecular weight excluding hydrogens is 232 g/mol. The number of aryl methyl sites for hydroxylation is 1. The summed E-state index contributed by atoms with van der Waals surface area (Å²) < 4.78 is 6.61. The molecule has 0 unspecified atom stereocenters. The van der Waals surface area contributed by atoms with Gasteiger partial charge in [0.05, 0.1) is 0 Å². The number of benzene rings is 1. The maximum absolute atomic E-state index is 11.9. The number of rotatable bonds is 0. The summed E-state index contributed by atoms with van der Waals surface area (Å²) in [5.74, 6) is -0.171. The maximum Gasteiger partial charge on any atom is 0.349 e. The fraction of sp³-hybridized carbons (Fsp3) is 0.357. The predicted molar refractivity (Wildman–Crippen MR) is 69.8 cm³/mol. The second kappa shape index (κ2) is 3.33. The van der Waals surface area contributed by atoms with E-state index in [1.54, 1.807) is 11.3 Å². The number of carbonyl (C=O) groups excluding carboxylic acids is 1. The lowest BCUT2D eigenvalue weighted by molar-refractivity contribution is -0.00540. The molecule has 88 valence electrons. The summed E-state index contributed by atoms with van der Waals surface area (Å²) in [7, 11) is 0. The fourth-order valence-corrected chi connectivity index (χ4v) is 3.44. The number of hydrogen-bond donors (Lipinski definition) is 0. The van der Waals surface area contributed by atoms with Crippen LogP contribution < -0.4 is 0 Å². The van der Waals surface area contributed by atoms with E-state index < -0.39 is 0 Å². The first-order valence-corrected chi connectivity index (χ1v) is 6.53. The number of cyclic esters (lactones) is 1. The number of hydrogen-bond acceptors (Lipinski definition) is 3. The lowest BCUT2D eigenvalue weighted by Gasteiger charge is -2.29. The number of thiophene rings is 1. The third-order valence-electron chi connectivity index (χ3n) is 3.10. The Kier molecular flexibility index (Phi) is 2.11. The molecule has 1 aliphatic rings. The topological polar surface area (TPSA) is 26.3 Å². The molecule has 0 radical (unpaired) electrons. The molecule has 0 saturated carbocycles. The molecule has 1 aromatic heterocycles. The van der Waals surface area contributed by atoms with E-state index in [2.05, 4.69) is 25.1 Å². The summed E-state index contributed by atoms with van der Waals surface area (Å²) >= 11 is 1.54. The highest BCUT2D eigenvalue weighted by molar-refractivity contribution is 7.21. The number of esters is 1. The summed E-state index contributed by atoms with van der Waals surface area (Å²) in [6.07, 6.45) is 0.803. The summed E-state index contributed by atoms with van der Waals surface area (Å²) in [5.41, 5.74) is 2.01. The quantitative estimate of drug-likeness (QED) is 0.662. The van der Waals surface area contributed by atoms with Gasteiger partial charge in [0, 0.05) is 11.1 Å². The standard InChI is InChI=1S/C14H14O2S/c1-8-4-5-11-9(6-8)10-7-14(2,3)16-13(15)12(10)17-11/h4-6H,7H2,1-3H3. The highest BCUT2D eigenvalue weighted by Crippen LogP contribution is 2.39. The smallest absolute Gasteiger partial charge is 0.349 e. The zero-order valence-electron chi connectivity index (χ0n) is 10.2. The van der Waals surface area contributed by atoms with Crippen molar-refractivity contribution in [2.45, 2.75) is 32.8 Å². The number of ether oxygens (including phenoxy) is 1. The molecule has 2 nitrogen and oxygen atoms in total. The van der Waals surface area contributed by atoms with E-state index >= 15 is 0 Å².